The van der Waals surface area contributed by atoms with E-state index in [9.17, 15) is 0 Å². The lowest BCUT2D eigenvalue weighted by Crippen LogP contribution is -2.20. The molecule has 97 valence electrons. The summed E-state index contributed by atoms with van der Waals surface area (Å²) in [4.78, 5) is 0. The molecule has 0 aromatic heterocycles. The SMILES string of the molecule is [CH2]C(CCCCCCCCCCCC)NC. The van der Waals surface area contributed by atoms with E-state index in [0.29, 0.717) is 6.04 Å². The van der Waals surface area contributed by atoms with Crippen molar-refractivity contribution in [3.8, 4) is 0 Å². The van der Waals surface area contributed by atoms with E-state index in [2.05, 4.69) is 19.2 Å². The van der Waals surface area contributed by atoms with Gasteiger partial charge in [0.05, 0.1) is 0 Å². The van der Waals surface area contributed by atoms with Crippen molar-refractivity contribution in [1.29, 1.82) is 0 Å². The average molecular weight is 226 g/mol. The first-order chi connectivity index (χ1) is 7.81. The fourth-order valence-corrected chi connectivity index (χ4v) is 2.02. The van der Waals surface area contributed by atoms with Crippen molar-refractivity contribution in [2.45, 2.75) is 83.6 Å². The summed E-state index contributed by atoms with van der Waals surface area (Å²) < 4.78 is 0. The number of hydrogen-bond donors (Lipinski definition) is 1. The molecule has 0 bridgehead atoms. The van der Waals surface area contributed by atoms with Crippen molar-refractivity contribution in [1.82, 2.24) is 5.32 Å². The Bertz CT molecular complexity index is 123. The summed E-state index contributed by atoms with van der Waals surface area (Å²) in [6.07, 6.45) is 15.4. The highest BCUT2D eigenvalue weighted by Crippen LogP contribution is 2.11. The number of hydrogen-bond acceptors (Lipinski definition) is 1. The molecule has 0 aliphatic rings. The second-order valence-corrected chi connectivity index (χ2v) is 4.96. The van der Waals surface area contributed by atoms with E-state index in [1.165, 1.54) is 70.6 Å². The Morgan fingerprint density at radius 1 is 0.812 bits per heavy atom. The monoisotopic (exact) mass is 226 g/mol. The van der Waals surface area contributed by atoms with E-state index in [1.54, 1.807) is 0 Å². The molecular formula is C15H32N. The van der Waals surface area contributed by atoms with Gasteiger partial charge in [-0.1, -0.05) is 71.1 Å². The maximum Gasteiger partial charge on any atom is 0.00646 e. The summed E-state index contributed by atoms with van der Waals surface area (Å²) in [5, 5.41) is 3.18. The summed E-state index contributed by atoms with van der Waals surface area (Å²) in [5.74, 6) is 0. The molecule has 1 nitrogen and oxygen atoms in total. The van der Waals surface area contributed by atoms with Gasteiger partial charge in [-0.05, 0) is 20.4 Å². The molecule has 0 amide bonds. The summed E-state index contributed by atoms with van der Waals surface area (Å²) in [6.45, 7) is 6.30. The largest absolute Gasteiger partial charge is 0.317 e. The van der Waals surface area contributed by atoms with Crippen molar-refractivity contribution in [2.24, 2.45) is 0 Å². The van der Waals surface area contributed by atoms with Crippen molar-refractivity contribution in [2.75, 3.05) is 7.05 Å². The van der Waals surface area contributed by atoms with Gasteiger partial charge < -0.3 is 5.32 Å². The molecule has 1 heteroatoms. The maximum absolute atomic E-state index is 4.02. The molecule has 0 fully saturated rings. The summed E-state index contributed by atoms with van der Waals surface area (Å²) in [6, 6.07) is 0.453. The van der Waals surface area contributed by atoms with Gasteiger partial charge in [-0.3, -0.25) is 0 Å². The van der Waals surface area contributed by atoms with E-state index < -0.39 is 0 Å². The summed E-state index contributed by atoms with van der Waals surface area (Å²) >= 11 is 0. The number of nitrogens with one attached hydrogen (secondary N) is 1. The third kappa shape index (κ3) is 12.0. The van der Waals surface area contributed by atoms with Gasteiger partial charge in [-0.15, -0.1) is 0 Å². The molecule has 0 heterocycles. The van der Waals surface area contributed by atoms with Crippen LogP contribution < -0.4 is 5.32 Å². The first-order valence-electron chi connectivity index (χ1n) is 7.31. The lowest BCUT2D eigenvalue weighted by atomic mass is 10.0. The van der Waals surface area contributed by atoms with Crippen LogP contribution in [0.4, 0.5) is 0 Å². The summed E-state index contributed by atoms with van der Waals surface area (Å²) in [5.41, 5.74) is 0. The van der Waals surface area contributed by atoms with E-state index >= 15 is 0 Å². The van der Waals surface area contributed by atoms with Gasteiger partial charge in [0.15, 0.2) is 0 Å². The van der Waals surface area contributed by atoms with Gasteiger partial charge >= 0.3 is 0 Å². The minimum absolute atomic E-state index is 0.453. The molecule has 0 aromatic carbocycles. The zero-order chi connectivity index (χ0) is 12.1. The van der Waals surface area contributed by atoms with Gasteiger partial charge in [0.25, 0.3) is 0 Å². The average Bonchev–Trinajstić information content (AvgIpc) is 2.31. The smallest absolute Gasteiger partial charge is 0.00646 e. The standard InChI is InChI=1S/C15H32N/c1-4-5-6-7-8-9-10-11-12-13-14-15(2)16-3/h15-16H,2,4-14H2,1,3H3. The topological polar surface area (TPSA) is 12.0 Å². The molecule has 0 rings (SSSR count). The Balaban J connectivity index is 2.93. The molecule has 0 aromatic rings. The van der Waals surface area contributed by atoms with Crippen LogP contribution >= 0.6 is 0 Å². The lowest BCUT2D eigenvalue weighted by Gasteiger charge is -2.08. The molecule has 0 saturated heterocycles. The van der Waals surface area contributed by atoms with Crippen LogP contribution in [0, 0.1) is 6.92 Å². The van der Waals surface area contributed by atoms with Crippen LogP contribution in [0.1, 0.15) is 77.6 Å². The highest BCUT2D eigenvalue weighted by molar-refractivity contribution is 4.65. The third-order valence-corrected chi connectivity index (χ3v) is 3.31. The molecule has 0 spiro atoms. The van der Waals surface area contributed by atoms with Crippen LogP contribution in [-0.4, -0.2) is 13.1 Å². The number of rotatable bonds is 12. The highest BCUT2D eigenvalue weighted by atomic mass is 14.8. The van der Waals surface area contributed by atoms with Gasteiger partial charge in [-0.25, -0.2) is 0 Å². The minimum atomic E-state index is 0.453. The van der Waals surface area contributed by atoms with Crippen LogP contribution in [0.25, 0.3) is 0 Å². The van der Waals surface area contributed by atoms with Crippen LogP contribution in [0.3, 0.4) is 0 Å². The number of unbranched alkanes of at least 4 members (excludes halogenated alkanes) is 9. The Kier molecular flexibility index (Phi) is 13.0. The second kappa shape index (κ2) is 13.0. The van der Waals surface area contributed by atoms with E-state index in [0.717, 1.165) is 0 Å². The molecule has 1 unspecified atom stereocenters. The Morgan fingerprint density at radius 3 is 1.69 bits per heavy atom. The quantitative estimate of drug-likeness (QED) is 0.475. The third-order valence-electron chi connectivity index (χ3n) is 3.31. The molecular weight excluding hydrogens is 194 g/mol. The van der Waals surface area contributed by atoms with Gasteiger partial charge in [0.2, 0.25) is 0 Å². The fraction of sp³-hybridized carbons (Fsp3) is 0.933. The molecule has 1 atom stereocenters. The zero-order valence-corrected chi connectivity index (χ0v) is 11.6. The van der Waals surface area contributed by atoms with Gasteiger partial charge in [0, 0.05) is 6.04 Å². The fourth-order valence-electron chi connectivity index (χ4n) is 2.02. The molecule has 0 saturated carbocycles. The molecule has 0 aliphatic carbocycles. The first kappa shape index (κ1) is 16.0. The van der Waals surface area contributed by atoms with Gasteiger partial charge in [-0.2, -0.15) is 0 Å². The lowest BCUT2D eigenvalue weighted by molar-refractivity contribution is 0.522. The van der Waals surface area contributed by atoms with Crippen molar-refractivity contribution in [3.63, 3.8) is 0 Å². The van der Waals surface area contributed by atoms with E-state index in [4.69, 9.17) is 0 Å². The molecule has 16 heavy (non-hydrogen) atoms. The predicted octanol–water partition coefficient (Wildman–Crippen LogP) is 4.72. The van der Waals surface area contributed by atoms with Crippen LogP contribution in [0.5, 0.6) is 0 Å². The molecule has 1 N–H and O–H groups in total. The second-order valence-electron chi connectivity index (χ2n) is 4.96. The normalized spacial score (nSPS) is 12.9. The first-order valence-corrected chi connectivity index (χ1v) is 7.31. The molecule has 0 aliphatic heterocycles. The maximum atomic E-state index is 4.02. The Labute approximate surface area is 103 Å². The highest BCUT2D eigenvalue weighted by Gasteiger charge is 1.97. The van der Waals surface area contributed by atoms with Crippen LogP contribution in [0.15, 0.2) is 0 Å². The van der Waals surface area contributed by atoms with Gasteiger partial charge in [0.1, 0.15) is 0 Å². The van der Waals surface area contributed by atoms with Crippen LogP contribution in [0.2, 0.25) is 0 Å². The molecule has 1 radical (unpaired) electrons. The van der Waals surface area contributed by atoms with Crippen LogP contribution in [-0.2, 0) is 0 Å². The van der Waals surface area contributed by atoms with E-state index in [-0.39, 0.29) is 0 Å². The van der Waals surface area contributed by atoms with Crippen molar-refractivity contribution < 1.29 is 0 Å². The van der Waals surface area contributed by atoms with E-state index in [1.807, 2.05) is 7.05 Å². The Morgan fingerprint density at radius 2 is 1.25 bits per heavy atom. The Hall–Kier alpha value is -0.0400. The zero-order valence-electron chi connectivity index (χ0n) is 11.6. The minimum Gasteiger partial charge on any atom is -0.317 e. The van der Waals surface area contributed by atoms with Crippen molar-refractivity contribution in [3.05, 3.63) is 6.92 Å². The predicted molar refractivity (Wildman–Crippen MR) is 74.7 cm³/mol. The summed E-state index contributed by atoms with van der Waals surface area (Å²) in [7, 11) is 1.99. The van der Waals surface area contributed by atoms with Crippen molar-refractivity contribution >= 4 is 0 Å².